The number of rotatable bonds is 2. The minimum Gasteiger partial charge on any atom is -0.278 e. The molecule has 1 aromatic rings. The molecule has 0 fully saturated rings. The molecule has 0 unspecified atom stereocenters. The number of aromatic nitrogens is 2. The summed E-state index contributed by atoms with van der Waals surface area (Å²) in [5.74, 6) is 0. The first-order valence-electron chi connectivity index (χ1n) is 4.67. The van der Waals surface area contributed by atoms with Crippen LogP contribution in [-0.2, 0) is 0 Å². The van der Waals surface area contributed by atoms with E-state index in [0.29, 0.717) is 0 Å². The van der Waals surface area contributed by atoms with Gasteiger partial charge < -0.3 is 0 Å². The Balaban J connectivity index is 0.000000671. The van der Waals surface area contributed by atoms with Crippen molar-refractivity contribution in [1.82, 2.24) is 10.2 Å². The highest BCUT2D eigenvalue weighted by Crippen LogP contribution is 2.02. The Morgan fingerprint density at radius 3 is 2.31 bits per heavy atom. The van der Waals surface area contributed by atoms with Gasteiger partial charge in [-0.1, -0.05) is 26.0 Å². The maximum Gasteiger partial charge on any atom is 0.0851 e. The lowest BCUT2D eigenvalue weighted by Gasteiger charge is -1.77. The molecule has 0 amide bonds. The molecule has 0 bridgehead atoms. The molecule has 0 spiro atoms. The molecule has 2 nitrogen and oxygen atoms in total. The van der Waals surface area contributed by atoms with Crippen LogP contribution in [-0.4, -0.2) is 10.2 Å². The van der Waals surface area contributed by atoms with Gasteiger partial charge in [-0.15, -0.1) is 0 Å². The maximum absolute atomic E-state index is 4.06. The van der Waals surface area contributed by atoms with Crippen LogP contribution in [0.3, 0.4) is 0 Å². The second kappa shape index (κ2) is 7.35. The Labute approximate surface area is 80.4 Å². The SMILES string of the molecule is C/C=C/c1cc(/C=C/C)[nH]n1.CC. The van der Waals surface area contributed by atoms with Crippen molar-refractivity contribution in [3.05, 3.63) is 29.6 Å². The van der Waals surface area contributed by atoms with Crippen LogP contribution in [0, 0.1) is 0 Å². The summed E-state index contributed by atoms with van der Waals surface area (Å²) in [6.07, 6.45) is 7.89. The average Bonchev–Trinajstić information content (AvgIpc) is 2.58. The molecule has 1 heterocycles. The Kier molecular flexibility index (Phi) is 6.60. The molecule has 13 heavy (non-hydrogen) atoms. The van der Waals surface area contributed by atoms with E-state index in [4.69, 9.17) is 0 Å². The van der Waals surface area contributed by atoms with E-state index in [0.717, 1.165) is 11.4 Å². The number of aromatic amines is 1. The van der Waals surface area contributed by atoms with Crippen molar-refractivity contribution in [3.63, 3.8) is 0 Å². The number of H-pyrrole nitrogens is 1. The molecule has 0 aliphatic carbocycles. The topological polar surface area (TPSA) is 28.7 Å². The number of hydrogen-bond donors (Lipinski definition) is 1. The fourth-order valence-electron chi connectivity index (χ4n) is 0.874. The first kappa shape index (κ1) is 11.7. The molecule has 0 atom stereocenters. The molecule has 0 aliphatic rings. The normalized spacial score (nSPS) is 10.5. The van der Waals surface area contributed by atoms with Gasteiger partial charge in [0.2, 0.25) is 0 Å². The highest BCUT2D eigenvalue weighted by molar-refractivity contribution is 5.51. The van der Waals surface area contributed by atoms with Crippen LogP contribution in [0.4, 0.5) is 0 Å². The molecule has 1 aromatic heterocycles. The summed E-state index contributed by atoms with van der Waals surface area (Å²) in [5.41, 5.74) is 2.02. The summed E-state index contributed by atoms with van der Waals surface area (Å²) in [6.45, 7) is 7.96. The van der Waals surface area contributed by atoms with Gasteiger partial charge in [0.05, 0.1) is 11.4 Å². The zero-order valence-electron chi connectivity index (χ0n) is 8.83. The smallest absolute Gasteiger partial charge is 0.0851 e. The molecule has 1 rings (SSSR count). The van der Waals surface area contributed by atoms with Crippen molar-refractivity contribution in [3.8, 4) is 0 Å². The van der Waals surface area contributed by atoms with E-state index >= 15 is 0 Å². The largest absolute Gasteiger partial charge is 0.278 e. The van der Waals surface area contributed by atoms with Crippen molar-refractivity contribution in [2.75, 3.05) is 0 Å². The van der Waals surface area contributed by atoms with Crippen molar-refractivity contribution in [1.29, 1.82) is 0 Å². The lowest BCUT2D eigenvalue weighted by Crippen LogP contribution is -1.70. The highest BCUT2D eigenvalue weighted by Gasteiger charge is 1.91. The van der Waals surface area contributed by atoms with Gasteiger partial charge >= 0.3 is 0 Å². The van der Waals surface area contributed by atoms with Crippen molar-refractivity contribution >= 4 is 12.2 Å². The van der Waals surface area contributed by atoms with E-state index in [1.165, 1.54) is 0 Å². The van der Waals surface area contributed by atoms with Crippen molar-refractivity contribution in [2.45, 2.75) is 27.7 Å². The number of hydrogen-bond acceptors (Lipinski definition) is 1. The summed E-state index contributed by atoms with van der Waals surface area (Å²) >= 11 is 0. The minimum absolute atomic E-state index is 0.973. The molecule has 0 saturated carbocycles. The van der Waals surface area contributed by atoms with Crippen molar-refractivity contribution in [2.24, 2.45) is 0 Å². The third kappa shape index (κ3) is 4.31. The summed E-state index contributed by atoms with van der Waals surface area (Å²) < 4.78 is 0. The Morgan fingerprint density at radius 2 is 1.77 bits per heavy atom. The molecule has 2 heteroatoms. The first-order chi connectivity index (χ1) is 6.36. The third-order valence-corrected chi connectivity index (χ3v) is 1.30. The predicted octanol–water partition coefficient (Wildman–Crippen LogP) is 3.50. The molecule has 0 aromatic carbocycles. The van der Waals surface area contributed by atoms with Gasteiger partial charge in [0, 0.05) is 0 Å². The average molecular weight is 178 g/mol. The van der Waals surface area contributed by atoms with Crippen LogP contribution >= 0.6 is 0 Å². The lowest BCUT2D eigenvalue weighted by molar-refractivity contribution is 1.07. The highest BCUT2D eigenvalue weighted by atomic mass is 15.1. The van der Waals surface area contributed by atoms with Gasteiger partial charge in [-0.2, -0.15) is 5.10 Å². The van der Waals surface area contributed by atoms with E-state index < -0.39 is 0 Å². The second-order valence-electron chi connectivity index (χ2n) is 2.25. The molecular weight excluding hydrogens is 160 g/mol. The van der Waals surface area contributed by atoms with Crippen LogP contribution in [0.1, 0.15) is 39.1 Å². The second-order valence-corrected chi connectivity index (χ2v) is 2.25. The monoisotopic (exact) mass is 178 g/mol. The first-order valence-corrected chi connectivity index (χ1v) is 4.67. The van der Waals surface area contributed by atoms with E-state index in [9.17, 15) is 0 Å². The predicted molar refractivity (Wildman–Crippen MR) is 59.4 cm³/mol. The van der Waals surface area contributed by atoms with E-state index in [1.54, 1.807) is 0 Å². The Hall–Kier alpha value is -1.31. The number of nitrogens with one attached hydrogen (secondary N) is 1. The summed E-state index contributed by atoms with van der Waals surface area (Å²) in [6, 6.07) is 2.00. The van der Waals surface area contributed by atoms with Gasteiger partial charge in [-0.3, -0.25) is 5.10 Å². The molecule has 72 valence electrons. The summed E-state index contributed by atoms with van der Waals surface area (Å²) in [4.78, 5) is 0. The molecule has 0 saturated heterocycles. The molecule has 1 N–H and O–H groups in total. The van der Waals surface area contributed by atoms with E-state index in [1.807, 2.05) is 58.1 Å². The fraction of sp³-hybridized carbons (Fsp3) is 0.364. The van der Waals surface area contributed by atoms with Crippen LogP contribution in [0.2, 0.25) is 0 Å². The summed E-state index contributed by atoms with van der Waals surface area (Å²) in [5, 5.41) is 6.96. The van der Waals surface area contributed by atoms with Crippen LogP contribution < -0.4 is 0 Å². The van der Waals surface area contributed by atoms with Crippen molar-refractivity contribution < 1.29 is 0 Å². The third-order valence-electron chi connectivity index (χ3n) is 1.30. The Bertz CT molecular complexity index is 243. The van der Waals surface area contributed by atoms with Gasteiger partial charge in [0.1, 0.15) is 0 Å². The van der Waals surface area contributed by atoms with E-state index in [-0.39, 0.29) is 0 Å². The molecule has 0 aliphatic heterocycles. The van der Waals surface area contributed by atoms with E-state index in [2.05, 4.69) is 10.2 Å². The zero-order valence-corrected chi connectivity index (χ0v) is 8.83. The lowest BCUT2D eigenvalue weighted by atomic mass is 10.3. The van der Waals surface area contributed by atoms with Gasteiger partial charge in [0.25, 0.3) is 0 Å². The fourth-order valence-corrected chi connectivity index (χ4v) is 0.874. The van der Waals surface area contributed by atoms with Gasteiger partial charge in [-0.25, -0.2) is 0 Å². The number of allylic oxidation sites excluding steroid dienone is 2. The van der Waals surface area contributed by atoms with Gasteiger partial charge in [-0.05, 0) is 32.1 Å². The molecule has 0 radical (unpaired) electrons. The summed E-state index contributed by atoms with van der Waals surface area (Å²) in [7, 11) is 0. The zero-order chi connectivity index (χ0) is 10.1. The van der Waals surface area contributed by atoms with Crippen LogP contribution in [0.15, 0.2) is 18.2 Å². The molecular formula is C11H18N2. The van der Waals surface area contributed by atoms with Crippen LogP contribution in [0.25, 0.3) is 12.2 Å². The van der Waals surface area contributed by atoms with Crippen LogP contribution in [0.5, 0.6) is 0 Å². The maximum atomic E-state index is 4.06. The van der Waals surface area contributed by atoms with Gasteiger partial charge in [0.15, 0.2) is 0 Å². The number of nitrogens with zero attached hydrogens (tertiary/aromatic N) is 1. The Morgan fingerprint density at radius 1 is 1.15 bits per heavy atom. The minimum atomic E-state index is 0.973. The standard InChI is InChI=1S/C9H12N2.C2H6/c1-3-5-8-7-9(6-4-2)11-10-8;1-2/h3-7H,1-2H3,(H,10,11);1-2H3/b5-3+,6-4+;. The quantitative estimate of drug-likeness (QED) is 0.737.